The Bertz CT molecular complexity index is 405. The van der Waals surface area contributed by atoms with Gasteiger partial charge in [0.05, 0.1) is 19.9 Å². The third-order valence-corrected chi connectivity index (χ3v) is 1.61. The Hall–Kier alpha value is -2.05. The second-order valence-corrected chi connectivity index (χ2v) is 2.55. The molecule has 0 aromatic carbocycles. The van der Waals surface area contributed by atoms with Gasteiger partial charge in [-0.1, -0.05) is 0 Å². The highest BCUT2D eigenvalue weighted by Crippen LogP contribution is 2.02. The van der Waals surface area contributed by atoms with Crippen LogP contribution in [-0.4, -0.2) is 41.3 Å². The van der Waals surface area contributed by atoms with Crippen LogP contribution >= 0.6 is 0 Å². The van der Waals surface area contributed by atoms with E-state index >= 15 is 0 Å². The van der Waals surface area contributed by atoms with Crippen LogP contribution in [-0.2, 0) is 9.47 Å². The van der Waals surface area contributed by atoms with Crippen molar-refractivity contribution in [3.05, 3.63) is 17.2 Å². The molecule has 0 atom stereocenters. The third kappa shape index (κ3) is 2.25. The topological polar surface area (TPSA) is 91.3 Å². The molecule has 0 amide bonds. The Balaban J connectivity index is 3.08. The molecular formula is C8H9N3O4. The SMILES string of the molecule is COC(=O)c1nnc(C(=O)OC)c(C)n1. The maximum atomic E-state index is 11.1. The lowest BCUT2D eigenvalue weighted by Crippen LogP contribution is -2.15. The van der Waals surface area contributed by atoms with Crippen LogP contribution in [0.25, 0.3) is 0 Å². The number of carbonyl (C=O) groups is 2. The minimum absolute atomic E-state index is 0.0230. The van der Waals surface area contributed by atoms with E-state index in [0.717, 1.165) is 0 Å². The summed E-state index contributed by atoms with van der Waals surface area (Å²) >= 11 is 0. The molecule has 15 heavy (non-hydrogen) atoms. The summed E-state index contributed by atoms with van der Waals surface area (Å²) in [7, 11) is 2.42. The molecule has 0 aliphatic rings. The molecule has 0 spiro atoms. The maximum absolute atomic E-state index is 11.1. The van der Waals surface area contributed by atoms with Crippen LogP contribution in [0.15, 0.2) is 0 Å². The second-order valence-electron chi connectivity index (χ2n) is 2.55. The van der Waals surface area contributed by atoms with Gasteiger partial charge in [0.1, 0.15) is 0 Å². The summed E-state index contributed by atoms with van der Waals surface area (Å²) in [5.74, 6) is -1.55. The fourth-order valence-corrected chi connectivity index (χ4v) is 0.867. The minimum atomic E-state index is -0.706. The van der Waals surface area contributed by atoms with E-state index in [1.54, 1.807) is 0 Å². The second kappa shape index (κ2) is 4.45. The number of carbonyl (C=O) groups excluding carboxylic acids is 2. The summed E-state index contributed by atoms with van der Waals surface area (Å²) < 4.78 is 8.84. The normalized spacial score (nSPS) is 9.53. The number of hydrogen-bond acceptors (Lipinski definition) is 7. The maximum Gasteiger partial charge on any atom is 0.377 e. The predicted molar refractivity (Wildman–Crippen MR) is 47.2 cm³/mol. The number of methoxy groups -OCH3 is 2. The molecule has 0 aliphatic heterocycles. The zero-order chi connectivity index (χ0) is 11.4. The minimum Gasteiger partial charge on any atom is -0.464 e. The summed E-state index contributed by atoms with van der Waals surface area (Å²) in [6.07, 6.45) is 0. The summed E-state index contributed by atoms with van der Waals surface area (Å²) in [4.78, 5) is 25.9. The van der Waals surface area contributed by atoms with E-state index in [-0.39, 0.29) is 17.2 Å². The monoisotopic (exact) mass is 211 g/mol. The fourth-order valence-electron chi connectivity index (χ4n) is 0.867. The third-order valence-electron chi connectivity index (χ3n) is 1.61. The number of aryl methyl sites for hydroxylation is 1. The van der Waals surface area contributed by atoms with Gasteiger partial charge in [-0.15, -0.1) is 10.2 Å². The van der Waals surface area contributed by atoms with Crippen molar-refractivity contribution in [1.82, 2.24) is 15.2 Å². The first-order chi connectivity index (χ1) is 7.10. The molecule has 1 aromatic rings. The van der Waals surface area contributed by atoms with E-state index < -0.39 is 11.9 Å². The highest BCUT2D eigenvalue weighted by atomic mass is 16.5. The van der Waals surface area contributed by atoms with Crippen molar-refractivity contribution in [2.45, 2.75) is 6.92 Å². The van der Waals surface area contributed by atoms with Crippen molar-refractivity contribution in [2.24, 2.45) is 0 Å². The van der Waals surface area contributed by atoms with Gasteiger partial charge >= 0.3 is 11.9 Å². The van der Waals surface area contributed by atoms with Gasteiger partial charge in [-0.3, -0.25) is 0 Å². The molecule has 1 aromatic heterocycles. The van der Waals surface area contributed by atoms with Crippen LogP contribution in [0.2, 0.25) is 0 Å². The van der Waals surface area contributed by atoms with Crippen molar-refractivity contribution in [3.63, 3.8) is 0 Å². The quantitative estimate of drug-likeness (QED) is 0.623. The zero-order valence-electron chi connectivity index (χ0n) is 8.47. The van der Waals surface area contributed by atoms with Crippen molar-refractivity contribution in [1.29, 1.82) is 0 Å². The molecule has 0 aliphatic carbocycles. The predicted octanol–water partition coefficient (Wildman–Crippen LogP) is -0.247. The van der Waals surface area contributed by atoms with E-state index in [4.69, 9.17) is 0 Å². The van der Waals surface area contributed by atoms with Crippen molar-refractivity contribution < 1.29 is 19.1 Å². The lowest BCUT2D eigenvalue weighted by atomic mass is 10.3. The van der Waals surface area contributed by atoms with E-state index in [2.05, 4.69) is 24.7 Å². The molecular weight excluding hydrogens is 202 g/mol. The molecule has 7 heteroatoms. The molecule has 0 saturated heterocycles. The molecule has 0 saturated carbocycles. The van der Waals surface area contributed by atoms with E-state index in [1.165, 1.54) is 21.1 Å². The van der Waals surface area contributed by atoms with E-state index in [1.807, 2.05) is 0 Å². The van der Waals surface area contributed by atoms with Gasteiger partial charge in [0.25, 0.3) is 5.82 Å². The van der Waals surface area contributed by atoms with Crippen LogP contribution in [0.5, 0.6) is 0 Å². The molecule has 7 nitrogen and oxygen atoms in total. The van der Waals surface area contributed by atoms with Crippen LogP contribution in [0.4, 0.5) is 0 Å². The van der Waals surface area contributed by atoms with Gasteiger partial charge < -0.3 is 9.47 Å². The standard InChI is InChI=1S/C8H9N3O4/c1-4-5(7(12)14-2)10-11-6(9-4)8(13)15-3/h1-3H3. The Labute approximate surface area is 85.4 Å². The molecule has 0 fully saturated rings. The Morgan fingerprint density at radius 2 is 1.67 bits per heavy atom. The number of hydrogen-bond donors (Lipinski definition) is 0. The largest absolute Gasteiger partial charge is 0.464 e. The average molecular weight is 211 g/mol. The lowest BCUT2D eigenvalue weighted by Gasteiger charge is -2.02. The van der Waals surface area contributed by atoms with Crippen LogP contribution in [0.3, 0.4) is 0 Å². The van der Waals surface area contributed by atoms with Crippen molar-refractivity contribution in [2.75, 3.05) is 14.2 Å². The number of rotatable bonds is 2. The van der Waals surface area contributed by atoms with Gasteiger partial charge in [0.15, 0.2) is 5.69 Å². The molecule has 0 bridgehead atoms. The molecule has 1 heterocycles. The molecule has 1 rings (SSSR count). The van der Waals surface area contributed by atoms with Crippen molar-refractivity contribution in [3.8, 4) is 0 Å². The number of esters is 2. The lowest BCUT2D eigenvalue weighted by molar-refractivity contribution is 0.0565. The molecule has 0 unspecified atom stereocenters. The highest BCUT2D eigenvalue weighted by Gasteiger charge is 2.17. The number of aromatic nitrogens is 3. The van der Waals surface area contributed by atoms with Crippen LogP contribution in [0, 0.1) is 6.92 Å². The first-order valence-electron chi connectivity index (χ1n) is 3.98. The van der Waals surface area contributed by atoms with Gasteiger partial charge in [0.2, 0.25) is 0 Å². The molecule has 0 radical (unpaired) electrons. The van der Waals surface area contributed by atoms with Gasteiger partial charge in [0, 0.05) is 0 Å². The fraction of sp³-hybridized carbons (Fsp3) is 0.375. The van der Waals surface area contributed by atoms with E-state index in [0.29, 0.717) is 0 Å². The first-order valence-corrected chi connectivity index (χ1v) is 3.98. The van der Waals surface area contributed by atoms with Gasteiger partial charge in [-0.05, 0) is 6.92 Å². The van der Waals surface area contributed by atoms with E-state index in [9.17, 15) is 9.59 Å². The van der Waals surface area contributed by atoms with Crippen LogP contribution in [0.1, 0.15) is 26.8 Å². The van der Waals surface area contributed by atoms with Gasteiger partial charge in [-0.25, -0.2) is 14.6 Å². The number of nitrogens with zero attached hydrogens (tertiary/aromatic N) is 3. The smallest absolute Gasteiger partial charge is 0.377 e. The average Bonchev–Trinajstić information content (AvgIpc) is 2.26. The van der Waals surface area contributed by atoms with Crippen LogP contribution < -0.4 is 0 Å². The highest BCUT2D eigenvalue weighted by molar-refractivity contribution is 5.89. The number of ether oxygens (including phenoxy) is 2. The summed E-state index contributed by atoms with van der Waals surface area (Å²) in [5.41, 5.74) is 0.238. The first kappa shape index (κ1) is 11.0. The Morgan fingerprint density at radius 1 is 1.07 bits per heavy atom. The molecule has 0 N–H and O–H groups in total. The summed E-state index contributed by atoms with van der Waals surface area (Å²) in [6, 6.07) is 0. The van der Waals surface area contributed by atoms with Gasteiger partial charge in [-0.2, -0.15) is 0 Å². The summed E-state index contributed by atoms with van der Waals surface area (Å²) in [6.45, 7) is 1.52. The van der Waals surface area contributed by atoms with Crippen molar-refractivity contribution >= 4 is 11.9 Å². The Morgan fingerprint density at radius 3 is 2.13 bits per heavy atom. The molecule has 80 valence electrons. The zero-order valence-corrected chi connectivity index (χ0v) is 8.47. The summed E-state index contributed by atoms with van der Waals surface area (Å²) in [5, 5.41) is 6.97. The Kier molecular flexibility index (Phi) is 3.27.